The number of hydrogen-bond acceptors (Lipinski definition) is 5. The third-order valence-electron chi connectivity index (χ3n) is 6.56. The average Bonchev–Trinajstić information content (AvgIpc) is 3.06. The number of rotatable bonds is 4. The van der Waals surface area contributed by atoms with E-state index in [1.807, 2.05) is 18.3 Å². The molecule has 2 aromatic heterocycles. The third-order valence-corrected chi connectivity index (χ3v) is 7.75. The molecule has 3 heterocycles. The summed E-state index contributed by atoms with van der Waals surface area (Å²) in [5.74, 6) is 1.61. The van der Waals surface area contributed by atoms with Gasteiger partial charge in [-0.25, -0.2) is 9.97 Å². The maximum atomic E-state index is 5.52. The number of thiophene rings is 1. The lowest BCUT2D eigenvalue weighted by molar-refractivity contribution is 0.0404. The summed E-state index contributed by atoms with van der Waals surface area (Å²) in [5, 5.41) is 1.28. The van der Waals surface area contributed by atoms with Crippen molar-refractivity contribution in [2.24, 2.45) is 5.41 Å². The van der Waals surface area contributed by atoms with Gasteiger partial charge in [0.2, 0.25) is 0 Å². The smallest absolute Gasteiger partial charge is 0.127 e. The van der Waals surface area contributed by atoms with Crippen molar-refractivity contribution in [2.45, 2.75) is 77.8 Å². The lowest BCUT2D eigenvalue weighted by Crippen LogP contribution is -2.36. The molecule has 2 aliphatic rings. The van der Waals surface area contributed by atoms with Crippen LogP contribution in [-0.2, 0) is 11.3 Å². The second-order valence-electron chi connectivity index (χ2n) is 9.28. The highest BCUT2D eigenvalue weighted by Gasteiger charge is 2.29. The molecule has 1 aliphatic carbocycles. The number of aromatic nitrogens is 2. The van der Waals surface area contributed by atoms with E-state index in [0.29, 0.717) is 17.4 Å². The van der Waals surface area contributed by atoms with E-state index in [9.17, 15) is 0 Å². The molecule has 0 amide bonds. The van der Waals surface area contributed by atoms with Crippen molar-refractivity contribution in [1.29, 1.82) is 0 Å². The van der Waals surface area contributed by atoms with E-state index in [1.54, 1.807) is 0 Å². The molecule has 0 N–H and O–H groups in total. The van der Waals surface area contributed by atoms with Crippen LogP contribution in [0.2, 0.25) is 0 Å². The van der Waals surface area contributed by atoms with E-state index in [4.69, 9.17) is 14.7 Å². The fraction of sp³-hybridized carbons (Fsp3) is 0.727. The van der Waals surface area contributed by atoms with Crippen LogP contribution >= 0.6 is 11.3 Å². The molecule has 0 spiro atoms. The Balaban J connectivity index is 1.56. The maximum absolute atomic E-state index is 5.52. The summed E-state index contributed by atoms with van der Waals surface area (Å²) >= 11 is 1.91. The zero-order valence-electron chi connectivity index (χ0n) is 17.3. The Hall–Kier alpha value is -1.04. The standard InChI is InChI=1S/C22H33N3OS/c1-15-23-19(14-25(4)17-7-11-26-12-8-17)18-13-20(27-21(18)24-15)16-5-9-22(2,3)10-6-16/h13,16-17H,5-12,14H2,1-4H3. The average molecular weight is 388 g/mol. The van der Waals surface area contributed by atoms with Crippen LogP contribution in [0.5, 0.6) is 0 Å². The van der Waals surface area contributed by atoms with Gasteiger partial charge in [-0.1, -0.05) is 13.8 Å². The van der Waals surface area contributed by atoms with Crippen molar-refractivity contribution >= 4 is 21.6 Å². The SMILES string of the molecule is Cc1nc(CN(C)C2CCOCC2)c2cc(C3CCC(C)(C)CC3)sc2n1. The lowest BCUT2D eigenvalue weighted by Gasteiger charge is -2.33. The van der Waals surface area contributed by atoms with Crippen molar-refractivity contribution in [3.05, 3.63) is 22.5 Å². The third kappa shape index (κ3) is 4.36. The Morgan fingerprint density at radius 2 is 1.85 bits per heavy atom. The second-order valence-corrected chi connectivity index (χ2v) is 10.3. The van der Waals surface area contributed by atoms with Gasteiger partial charge in [0.15, 0.2) is 0 Å². The van der Waals surface area contributed by atoms with E-state index in [1.165, 1.54) is 46.5 Å². The van der Waals surface area contributed by atoms with E-state index in [0.717, 1.165) is 38.4 Å². The first-order chi connectivity index (χ1) is 12.9. The van der Waals surface area contributed by atoms with Crippen LogP contribution in [0.1, 0.15) is 74.7 Å². The van der Waals surface area contributed by atoms with Gasteiger partial charge < -0.3 is 4.74 Å². The number of fused-ring (bicyclic) bond motifs is 1. The molecule has 148 valence electrons. The molecule has 2 fully saturated rings. The molecule has 1 saturated heterocycles. The quantitative estimate of drug-likeness (QED) is 0.714. The van der Waals surface area contributed by atoms with E-state index in [2.05, 4.69) is 31.9 Å². The van der Waals surface area contributed by atoms with Gasteiger partial charge in [-0.05, 0) is 69.9 Å². The summed E-state index contributed by atoms with van der Waals surface area (Å²) in [6.45, 7) is 9.51. The van der Waals surface area contributed by atoms with Crippen LogP contribution in [0.15, 0.2) is 6.07 Å². The number of nitrogens with zero attached hydrogens (tertiary/aromatic N) is 3. The summed E-state index contributed by atoms with van der Waals surface area (Å²) < 4.78 is 5.52. The molecule has 1 aliphatic heterocycles. The van der Waals surface area contributed by atoms with E-state index < -0.39 is 0 Å². The first-order valence-electron chi connectivity index (χ1n) is 10.5. The summed E-state index contributed by atoms with van der Waals surface area (Å²) in [5.41, 5.74) is 1.71. The predicted molar refractivity (Wildman–Crippen MR) is 112 cm³/mol. The van der Waals surface area contributed by atoms with Crippen molar-refractivity contribution in [3.8, 4) is 0 Å². The maximum Gasteiger partial charge on any atom is 0.127 e. The summed E-state index contributed by atoms with van der Waals surface area (Å²) in [7, 11) is 2.23. The number of hydrogen-bond donors (Lipinski definition) is 0. The minimum atomic E-state index is 0.515. The van der Waals surface area contributed by atoms with Gasteiger partial charge in [0.05, 0.1) is 5.69 Å². The highest BCUT2D eigenvalue weighted by Crippen LogP contribution is 2.45. The minimum Gasteiger partial charge on any atom is -0.381 e. The minimum absolute atomic E-state index is 0.515. The molecule has 0 aromatic carbocycles. The summed E-state index contributed by atoms with van der Waals surface area (Å²) in [6.07, 6.45) is 7.52. The molecule has 5 heteroatoms. The van der Waals surface area contributed by atoms with Gasteiger partial charge in [0.25, 0.3) is 0 Å². The number of ether oxygens (including phenoxy) is 1. The fourth-order valence-corrected chi connectivity index (χ4v) is 5.88. The summed E-state index contributed by atoms with van der Waals surface area (Å²) in [4.78, 5) is 14.8. The molecule has 0 unspecified atom stereocenters. The largest absolute Gasteiger partial charge is 0.381 e. The monoisotopic (exact) mass is 387 g/mol. The van der Waals surface area contributed by atoms with Crippen molar-refractivity contribution < 1.29 is 4.74 Å². The Bertz CT molecular complexity index is 784. The Morgan fingerprint density at radius 1 is 1.15 bits per heavy atom. The number of aryl methyl sites for hydroxylation is 1. The van der Waals surface area contributed by atoms with Crippen LogP contribution in [-0.4, -0.2) is 41.2 Å². The topological polar surface area (TPSA) is 38.2 Å². The first-order valence-corrected chi connectivity index (χ1v) is 11.3. The molecule has 27 heavy (non-hydrogen) atoms. The molecular weight excluding hydrogens is 354 g/mol. The molecule has 0 atom stereocenters. The van der Waals surface area contributed by atoms with Gasteiger partial charge in [-0.2, -0.15) is 0 Å². The van der Waals surface area contributed by atoms with Crippen LogP contribution in [0, 0.1) is 12.3 Å². The molecule has 0 radical (unpaired) electrons. The Labute approximate surface area is 167 Å². The van der Waals surface area contributed by atoms with Crippen LogP contribution in [0.4, 0.5) is 0 Å². The summed E-state index contributed by atoms with van der Waals surface area (Å²) in [6, 6.07) is 3.01. The van der Waals surface area contributed by atoms with Gasteiger partial charge >= 0.3 is 0 Å². The molecular formula is C22H33N3OS. The second kappa shape index (κ2) is 7.76. The normalized spacial score (nSPS) is 22.0. The molecule has 4 nitrogen and oxygen atoms in total. The van der Waals surface area contributed by atoms with Gasteiger partial charge in [0.1, 0.15) is 10.7 Å². The highest BCUT2D eigenvalue weighted by atomic mass is 32.1. The van der Waals surface area contributed by atoms with Crippen LogP contribution in [0.25, 0.3) is 10.2 Å². The highest BCUT2D eigenvalue weighted by molar-refractivity contribution is 7.18. The van der Waals surface area contributed by atoms with E-state index >= 15 is 0 Å². The van der Waals surface area contributed by atoms with Crippen molar-refractivity contribution in [2.75, 3.05) is 20.3 Å². The van der Waals surface area contributed by atoms with Crippen molar-refractivity contribution in [1.82, 2.24) is 14.9 Å². The Kier molecular flexibility index (Phi) is 5.55. The van der Waals surface area contributed by atoms with Gasteiger partial charge in [0, 0.05) is 36.1 Å². The van der Waals surface area contributed by atoms with Crippen LogP contribution < -0.4 is 0 Å². The first kappa shape index (κ1) is 19.3. The zero-order chi connectivity index (χ0) is 19.0. The molecule has 2 aromatic rings. The lowest BCUT2D eigenvalue weighted by atomic mass is 9.73. The van der Waals surface area contributed by atoms with E-state index in [-0.39, 0.29) is 0 Å². The molecule has 4 rings (SSSR count). The van der Waals surface area contributed by atoms with Crippen LogP contribution in [0.3, 0.4) is 0 Å². The molecule has 1 saturated carbocycles. The van der Waals surface area contributed by atoms with Crippen molar-refractivity contribution in [3.63, 3.8) is 0 Å². The van der Waals surface area contributed by atoms with Gasteiger partial charge in [-0.3, -0.25) is 4.90 Å². The van der Waals surface area contributed by atoms with Gasteiger partial charge in [-0.15, -0.1) is 11.3 Å². The fourth-order valence-electron chi connectivity index (χ4n) is 4.61. The Morgan fingerprint density at radius 3 is 2.56 bits per heavy atom. The predicted octanol–water partition coefficient (Wildman–Crippen LogP) is 5.29. The zero-order valence-corrected chi connectivity index (χ0v) is 18.1. The molecule has 0 bridgehead atoms.